The molecule has 2 atom stereocenters. The van der Waals surface area contributed by atoms with Crippen LogP contribution in [0.1, 0.15) is 24.8 Å². The molecule has 1 saturated carbocycles. The van der Waals surface area contributed by atoms with E-state index < -0.39 is 11.4 Å². The Kier molecular flexibility index (Phi) is 4.48. The van der Waals surface area contributed by atoms with Gasteiger partial charge in [0.05, 0.1) is 5.41 Å². The maximum Gasteiger partial charge on any atom is 0.317 e. The second-order valence-electron chi connectivity index (χ2n) is 6.50. The van der Waals surface area contributed by atoms with Crippen LogP contribution in [0.3, 0.4) is 0 Å². The molecule has 1 aromatic carbocycles. The Morgan fingerprint density at radius 1 is 1.39 bits per heavy atom. The van der Waals surface area contributed by atoms with Gasteiger partial charge in [0.2, 0.25) is 0 Å². The van der Waals surface area contributed by atoms with E-state index >= 15 is 0 Å². The lowest BCUT2D eigenvalue weighted by Crippen LogP contribution is -2.42. The number of carboxylic acids is 1. The first kappa shape index (κ1) is 16.1. The van der Waals surface area contributed by atoms with Gasteiger partial charge in [0.1, 0.15) is 0 Å². The summed E-state index contributed by atoms with van der Waals surface area (Å²) in [5, 5.41) is 13.1. The molecule has 0 unspecified atom stereocenters. The third-order valence-electron chi connectivity index (χ3n) is 5.21. The zero-order valence-electron chi connectivity index (χ0n) is 12.9. The van der Waals surface area contributed by atoms with Crippen molar-refractivity contribution >= 4 is 23.6 Å². The molecule has 1 heterocycles. The summed E-state index contributed by atoms with van der Waals surface area (Å²) in [6, 6.07) is 7.39. The zero-order valence-corrected chi connectivity index (χ0v) is 13.7. The van der Waals surface area contributed by atoms with Crippen LogP contribution in [-0.4, -0.2) is 41.6 Å². The molecule has 2 N–H and O–H groups in total. The van der Waals surface area contributed by atoms with E-state index in [1.54, 1.807) is 4.90 Å². The van der Waals surface area contributed by atoms with Gasteiger partial charge in [-0.25, -0.2) is 4.79 Å². The van der Waals surface area contributed by atoms with Crippen molar-refractivity contribution in [3.8, 4) is 0 Å². The highest BCUT2D eigenvalue weighted by Crippen LogP contribution is 2.48. The molecule has 23 heavy (non-hydrogen) atoms. The molecule has 1 saturated heterocycles. The Balaban J connectivity index is 1.54. The largest absolute Gasteiger partial charge is 0.481 e. The van der Waals surface area contributed by atoms with Crippen molar-refractivity contribution in [3.63, 3.8) is 0 Å². The van der Waals surface area contributed by atoms with Gasteiger partial charge in [-0.3, -0.25) is 4.79 Å². The number of nitrogens with one attached hydrogen (secondary N) is 1. The molecule has 0 radical (unpaired) electrons. The van der Waals surface area contributed by atoms with Crippen molar-refractivity contribution in [2.75, 3.05) is 19.6 Å². The number of amides is 2. The van der Waals surface area contributed by atoms with Crippen LogP contribution in [0, 0.1) is 11.3 Å². The first-order chi connectivity index (χ1) is 11.0. The lowest BCUT2D eigenvalue weighted by Gasteiger charge is -2.23. The van der Waals surface area contributed by atoms with Gasteiger partial charge in [-0.15, -0.1) is 0 Å². The Morgan fingerprint density at radius 2 is 2.17 bits per heavy atom. The molecule has 6 heteroatoms. The van der Waals surface area contributed by atoms with Crippen LogP contribution < -0.4 is 5.32 Å². The molecule has 0 spiro atoms. The van der Waals surface area contributed by atoms with Crippen molar-refractivity contribution in [1.82, 2.24) is 10.2 Å². The lowest BCUT2D eigenvalue weighted by molar-refractivity contribution is -0.149. The van der Waals surface area contributed by atoms with Gasteiger partial charge in [0.25, 0.3) is 0 Å². The third-order valence-corrected chi connectivity index (χ3v) is 5.58. The van der Waals surface area contributed by atoms with E-state index in [1.807, 2.05) is 24.3 Å². The van der Waals surface area contributed by atoms with E-state index in [0.717, 1.165) is 18.4 Å². The summed E-state index contributed by atoms with van der Waals surface area (Å²) in [7, 11) is 0. The maximum absolute atomic E-state index is 12.3. The monoisotopic (exact) mass is 336 g/mol. The molecule has 1 aliphatic carbocycles. The normalized spacial score (nSPS) is 26.1. The number of carbonyl (C=O) groups excluding carboxylic acids is 1. The van der Waals surface area contributed by atoms with Crippen LogP contribution in [0.2, 0.25) is 5.02 Å². The van der Waals surface area contributed by atoms with E-state index in [4.69, 9.17) is 11.6 Å². The molecule has 1 aromatic rings. The van der Waals surface area contributed by atoms with Crippen LogP contribution in [0.4, 0.5) is 4.79 Å². The number of rotatable bonds is 4. The van der Waals surface area contributed by atoms with Crippen molar-refractivity contribution in [3.05, 3.63) is 34.9 Å². The van der Waals surface area contributed by atoms with E-state index in [9.17, 15) is 14.7 Å². The summed E-state index contributed by atoms with van der Waals surface area (Å²) in [6.45, 7) is 1.36. The predicted molar refractivity (Wildman–Crippen MR) is 87.5 cm³/mol. The number of nitrogens with zero attached hydrogens (tertiary/aromatic N) is 1. The van der Waals surface area contributed by atoms with Gasteiger partial charge in [-0.1, -0.05) is 36.2 Å². The number of aliphatic carboxylic acids is 1. The van der Waals surface area contributed by atoms with E-state index in [1.165, 1.54) is 0 Å². The highest BCUT2D eigenvalue weighted by Gasteiger charge is 2.55. The molecule has 1 aliphatic heterocycles. The van der Waals surface area contributed by atoms with E-state index in [0.29, 0.717) is 37.5 Å². The number of carboxylic acid groups (broad SMARTS) is 1. The minimum atomic E-state index is -0.758. The molecule has 5 nitrogen and oxygen atoms in total. The number of carbonyl (C=O) groups is 2. The average Bonchev–Trinajstić information content (AvgIpc) is 3.07. The number of halogens is 1. The molecular weight excluding hydrogens is 316 g/mol. The van der Waals surface area contributed by atoms with Gasteiger partial charge in [0.15, 0.2) is 0 Å². The fourth-order valence-corrected chi connectivity index (χ4v) is 4.14. The standard InChI is InChI=1S/C17H21ClN2O3/c18-14-6-2-1-4-12(14)7-9-19-16(23)20-10-13-5-3-8-17(13,11-20)15(21)22/h1-2,4,6,13H,3,5,7-11H2,(H,19,23)(H,21,22)/t13-,17+/m0/s1. The number of hydrogen-bond donors (Lipinski definition) is 2. The highest BCUT2D eigenvalue weighted by atomic mass is 35.5. The average molecular weight is 337 g/mol. The maximum atomic E-state index is 12.3. The molecular formula is C17H21ClN2O3. The minimum Gasteiger partial charge on any atom is -0.481 e. The van der Waals surface area contributed by atoms with Crippen molar-refractivity contribution < 1.29 is 14.7 Å². The van der Waals surface area contributed by atoms with Crippen molar-refractivity contribution in [2.45, 2.75) is 25.7 Å². The number of hydrogen-bond acceptors (Lipinski definition) is 2. The van der Waals surface area contributed by atoms with Crippen LogP contribution in [0.15, 0.2) is 24.3 Å². The van der Waals surface area contributed by atoms with Crippen LogP contribution >= 0.6 is 11.6 Å². The van der Waals surface area contributed by atoms with Crippen LogP contribution in [-0.2, 0) is 11.2 Å². The first-order valence-electron chi connectivity index (χ1n) is 8.02. The molecule has 0 bridgehead atoms. The Hall–Kier alpha value is -1.75. The topological polar surface area (TPSA) is 69.6 Å². The highest BCUT2D eigenvalue weighted by molar-refractivity contribution is 6.31. The first-order valence-corrected chi connectivity index (χ1v) is 8.40. The second-order valence-corrected chi connectivity index (χ2v) is 6.91. The number of urea groups is 1. The molecule has 0 aromatic heterocycles. The minimum absolute atomic E-state index is 0.0920. The quantitative estimate of drug-likeness (QED) is 0.888. The Labute approximate surface area is 140 Å². The third kappa shape index (κ3) is 3.02. The Morgan fingerprint density at radius 3 is 2.87 bits per heavy atom. The summed E-state index contributed by atoms with van der Waals surface area (Å²) in [5.74, 6) is -0.666. The van der Waals surface area contributed by atoms with Crippen LogP contribution in [0.5, 0.6) is 0 Å². The van der Waals surface area contributed by atoms with Crippen molar-refractivity contribution in [2.24, 2.45) is 11.3 Å². The molecule has 2 fully saturated rings. The summed E-state index contributed by atoms with van der Waals surface area (Å²) in [4.78, 5) is 25.6. The number of benzene rings is 1. The number of fused-ring (bicyclic) bond motifs is 1. The van der Waals surface area contributed by atoms with Crippen molar-refractivity contribution in [1.29, 1.82) is 0 Å². The van der Waals surface area contributed by atoms with Gasteiger partial charge >= 0.3 is 12.0 Å². The van der Waals surface area contributed by atoms with E-state index in [-0.39, 0.29) is 11.9 Å². The van der Waals surface area contributed by atoms with E-state index in [2.05, 4.69) is 5.32 Å². The number of likely N-dealkylation sites (tertiary alicyclic amines) is 1. The fourth-order valence-electron chi connectivity index (χ4n) is 3.91. The molecule has 124 valence electrons. The molecule has 2 aliphatic rings. The smallest absolute Gasteiger partial charge is 0.317 e. The van der Waals surface area contributed by atoms with Crippen LogP contribution in [0.25, 0.3) is 0 Å². The molecule has 3 rings (SSSR count). The SMILES string of the molecule is O=C(NCCc1ccccc1Cl)N1C[C@@H]2CCC[C@@]2(C(=O)O)C1. The summed E-state index contributed by atoms with van der Waals surface area (Å²) < 4.78 is 0. The zero-order chi connectivity index (χ0) is 16.4. The summed E-state index contributed by atoms with van der Waals surface area (Å²) >= 11 is 6.10. The van der Waals surface area contributed by atoms with Gasteiger partial charge in [-0.2, -0.15) is 0 Å². The fraction of sp³-hybridized carbons (Fsp3) is 0.529. The predicted octanol–water partition coefficient (Wildman–Crippen LogP) is 2.78. The Bertz CT molecular complexity index is 622. The molecule has 2 amide bonds. The summed E-state index contributed by atoms with van der Waals surface area (Å²) in [6.07, 6.45) is 3.18. The van der Waals surface area contributed by atoms with Gasteiger partial charge in [-0.05, 0) is 36.8 Å². The van der Waals surface area contributed by atoms with Gasteiger partial charge < -0.3 is 15.3 Å². The van der Waals surface area contributed by atoms with Gasteiger partial charge in [0, 0.05) is 24.7 Å². The summed E-state index contributed by atoms with van der Waals surface area (Å²) in [5.41, 5.74) is 0.273. The lowest BCUT2D eigenvalue weighted by atomic mass is 9.81. The second kappa shape index (κ2) is 6.40.